The van der Waals surface area contributed by atoms with Crippen molar-refractivity contribution in [2.75, 3.05) is 0 Å². The second kappa shape index (κ2) is 7.67. The molecule has 0 unspecified atom stereocenters. The molecule has 0 nitrogen and oxygen atoms in total. The third-order valence-electron chi connectivity index (χ3n) is 1.49. The smallest absolute Gasteiger partial charge is 0.00136 e. The van der Waals surface area contributed by atoms with Gasteiger partial charge in [0.05, 0.1) is 0 Å². The molecule has 1 heteroatoms. The van der Waals surface area contributed by atoms with Crippen LogP contribution >= 0.6 is 12.2 Å². The summed E-state index contributed by atoms with van der Waals surface area (Å²) in [6, 6.07) is 0. The topological polar surface area (TPSA) is 0 Å². The van der Waals surface area contributed by atoms with Crippen molar-refractivity contribution >= 4 is 17.6 Å². The van der Waals surface area contributed by atoms with Crippen LogP contribution in [-0.2, 0) is 0 Å². The molecule has 62 valence electrons. The Hall–Kier alpha value is -0.430. The summed E-state index contributed by atoms with van der Waals surface area (Å²) in [6.45, 7) is 4.35. The highest BCUT2D eigenvalue weighted by atomic mass is 32.1. The average Bonchev–Trinajstić information content (AvgIpc) is 2.05. The summed E-state index contributed by atoms with van der Waals surface area (Å²) in [7, 11) is 0. The lowest BCUT2D eigenvalue weighted by Gasteiger charge is -1.94. The van der Waals surface area contributed by atoms with Crippen molar-refractivity contribution in [2.24, 2.45) is 0 Å². The van der Waals surface area contributed by atoms with Gasteiger partial charge in [-0.2, -0.15) is 0 Å². The Morgan fingerprint density at radius 3 is 2.55 bits per heavy atom. The zero-order valence-corrected chi connectivity index (χ0v) is 8.16. The van der Waals surface area contributed by atoms with Gasteiger partial charge in [0.15, 0.2) is 0 Å². The average molecular weight is 168 g/mol. The Labute approximate surface area is 75.0 Å². The van der Waals surface area contributed by atoms with Crippen molar-refractivity contribution < 1.29 is 0 Å². The van der Waals surface area contributed by atoms with E-state index in [1.165, 1.54) is 18.4 Å². The van der Waals surface area contributed by atoms with Crippen LogP contribution in [0.3, 0.4) is 0 Å². The fourth-order valence-corrected chi connectivity index (χ4v) is 0.901. The lowest BCUT2D eigenvalue weighted by atomic mass is 10.1. The SMILES string of the molecule is CCC/C=C(\C=C/C=S)CC. The van der Waals surface area contributed by atoms with Gasteiger partial charge in [-0.15, -0.1) is 0 Å². The molecule has 0 radical (unpaired) electrons. The van der Waals surface area contributed by atoms with Crippen molar-refractivity contribution in [2.45, 2.75) is 33.1 Å². The maximum atomic E-state index is 4.69. The third-order valence-corrected chi connectivity index (χ3v) is 1.65. The molecular formula is C10H16S. The minimum Gasteiger partial charge on any atom is -0.0887 e. The third kappa shape index (κ3) is 5.99. The number of hydrogen-bond acceptors (Lipinski definition) is 1. The molecule has 0 aliphatic rings. The molecule has 0 atom stereocenters. The summed E-state index contributed by atoms with van der Waals surface area (Å²) in [5.74, 6) is 0. The van der Waals surface area contributed by atoms with Gasteiger partial charge in [-0.1, -0.05) is 56.3 Å². The highest BCUT2D eigenvalue weighted by Gasteiger charge is 1.84. The maximum Gasteiger partial charge on any atom is 0.00136 e. The van der Waals surface area contributed by atoms with E-state index in [1.54, 1.807) is 5.37 Å². The Balaban J connectivity index is 3.92. The zero-order chi connectivity index (χ0) is 8.53. The van der Waals surface area contributed by atoms with Crippen LogP contribution in [-0.4, -0.2) is 5.37 Å². The molecule has 0 aliphatic heterocycles. The van der Waals surface area contributed by atoms with E-state index in [0.717, 1.165) is 6.42 Å². The van der Waals surface area contributed by atoms with Crippen molar-refractivity contribution in [3.8, 4) is 0 Å². The Bertz CT molecular complexity index is 154. The van der Waals surface area contributed by atoms with E-state index < -0.39 is 0 Å². The molecule has 11 heavy (non-hydrogen) atoms. The van der Waals surface area contributed by atoms with Gasteiger partial charge in [0.2, 0.25) is 0 Å². The van der Waals surface area contributed by atoms with Crippen LogP contribution in [0.2, 0.25) is 0 Å². The van der Waals surface area contributed by atoms with Crippen LogP contribution in [0.15, 0.2) is 23.8 Å². The highest BCUT2D eigenvalue weighted by Crippen LogP contribution is 2.04. The molecule has 0 saturated carbocycles. The first-order valence-corrected chi connectivity index (χ1v) is 4.63. The Kier molecular flexibility index (Phi) is 7.37. The second-order valence-electron chi connectivity index (χ2n) is 2.42. The largest absolute Gasteiger partial charge is 0.0887 e. The molecule has 0 aromatic rings. The number of unbranched alkanes of at least 4 members (excludes halogenated alkanes) is 1. The van der Waals surface area contributed by atoms with Gasteiger partial charge >= 0.3 is 0 Å². The number of rotatable bonds is 5. The summed E-state index contributed by atoms with van der Waals surface area (Å²) in [6.07, 6.45) is 9.76. The first-order chi connectivity index (χ1) is 5.35. The van der Waals surface area contributed by atoms with Crippen LogP contribution in [0.5, 0.6) is 0 Å². The van der Waals surface area contributed by atoms with E-state index >= 15 is 0 Å². The van der Waals surface area contributed by atoms with Gasteiger partial charge in [-0.25, -0.2) is 0 Å². The summed E-state index contributed by atoms with van der Waals surface area (Å²) in [5.41, 5.74) is 1.38. The highest BCUT2D eigenvalue weighted by molar-refractivity contribution is 7.79. The summed E-state index contributed by atoms with van der Waals surface area (Å²) < 4.78 is 0. The van der Waals surface area contributed by atoms with E-state index in [9.17, 15) is 0 Å². The molecule has 0 spiro atoms. The molecular weight excluding hydrogens is 152 g/mol. The number of hydrogen-bond donors (Lipinski definition) is 0. The fourth-order valence-electron chi connectivity index (χ4n) is 0.823. The van der Waals surface area contributed by atoms with Gasteiger partial charge in [0.1, 0.15) is 0 Å². The molecule has 0 aliphatic carbocycles. The first kappa shape index (κ1) is 10.6. The van der Waals surface area contributed by atoms with E-state index in [2.05, 4.69) is 26.0 Å². The zero-order valence-electron chi connectivity index (χ0n) is 7.34. The van der Waals surface area contributed by atoms with Gasteiger partial charge in [0.25, 0.3) is 0 Å². The quantitative estimate of drug-likeness (QED) is 0.343. The van der Waals surface area contributed by atoms with Crippen LogP contribution in [0.4, 0.5) is 0 Å². The van der Waals surface area contributed by atoms with Crippen molar-refractivity contribution in [1.82, 2.24) is 0 Å². The number of allylic oxidation sites excluding steroid dienone is 4. The van der Waals surface area contributed by atoms with E-state index in [4.69, 9.17) is 12.2 Å². The molecule has 0 fully saturated rings. The summed E-state index contributed by atoms with van der Waals surface area (Å²) in [4.78, 5) is 0. The minimum absolute atomic E-state index is 1.10. The predicted molar refractivity (Wildman–Crippen MR) is 56.1 cm³/mol. The van der Waals surface area contributed by atoms with E-state index in [1.807, 2.05) is 6.08 Å². The molecule has 0 aromatic heterocycles. The molecule has 0 saturated heterocycles. The monoisotopic (exact) mass is 168 g/mol. The predicted octanol–water partition coefficient (Wildman–Crippen LogP) is 3.68. The van der Waals surface area contributed by atoms with Crippen molar-refractivity contribution in [3.63, 3.8) is 0 Å². The molecule has 0 N–H and O–H groups in total. The maximum absolute atomic E-state index is 4.69. The lowest BCUT2D eigenvalue weighted by Crippen LogP contribution is -1.75. The van der Waals surface area contributed by atoms with Crippen LogP contribution in [0, 0.1) is 0 Å². The standard InChI is InChI=1S/C10H16S/c1-3-5-7-10(4-2)8-6-9-11/h6-9H,3-5H2,1-2H3/b8-6-,10-7-. The number of thiocarbonyl (C=S) groups is 1. The summed E-state index contributed by atoms with van der Waals surface area (Å²) >= 11 is 4.69. The van der Waals surface area contributed by atoms with Gasteiger partial charge in [-0.05, 0) is 12.8 Å². The molecule has 0 aromatic carbocycles. The van der Waals surface area contributed by atoms with Crippen LogP contribution < -0.4 is 0 Å². The minimum atomic E-state index is 1.10. The lowest BCUT2D eigenvalue weighted by molar-refractivity contribution is 0.942. The Morgan fingerprint density at radius 2 is 2.09 bits per heavy atom. The van der Waals surface area contributed by atoms with Crippen LogP contribution in [0.1, 0.15) is 33.1 Å². The van der Waals surface area contributed by atoms with Gasteiger partial charge < -0.3 is 0 Å². The van der Waals surface area contributed by atoms with Gasteiger partial charge in [-0.3, -0.25) is 0 Å². The fraction of sp³-hybridized carbons (Fsp3) is 0.500. The molecule has 0 rings (SSSR count). The van der Waals surface area contributed by atoms with Crippen molar-refractivity contribution in [1.29, 1.82) is 0 Å². The molecule has 0 bridgehead atoms. The molecule has 0 heterocycles. The second-order valence-corrected chi connectivity index (χ2v) is 2.69. The van der Waals surface area contributed by atoms with Gasteiger partial charge in [0, 0.05) is 5.37 Å². The van der Waals surface area contributed by atoms with Crippen LogP contribution in [0.25, 0.3) is 0 Å². The van der Waals surface area contributed by atoms with Crippen molar-refractivity contribution in [3.05, 3.63) is 23.8 Å². The van der Waals surface area contributed by atoms with E-state index in [0.29, 0.717) is 0 Å². The van der Waals surface area contributed by atoms with E-state index in [-0.39, 0.29) is 0 Å². The molecule has 0 amide bonds. The Morgan fingerprint density at radius 1 is 1.36 bits per heavy atom. The first-order valence-electron chi connectivity index (χ1n) is 4.16. The normalized spacial score (nSPS) is 12.4. The summed E-state index contributed by atoms with van der Waals surface area (Å²) in [5, 5.41) is 1.65.